The normalized spacial score (nSPS) is 17.9. The van der Waals surface area contributed by atoms with Gasteiger partial charge in [-0.1, -0.05) is 18.2 Å². The first-order valence-electron chi connectivity index (χ1n) is 11.3. The Morgan fingerprint density at radius 1 is 1.14 bits per heavy atom. The van der Waals surface area contributed by atoms with Crippen LogP contribution in [0.3, 0.4) is 0 Å². The number of rotatable bonds is 6. The number of sulfonamides is 1. The highest BCUT2D eigenvalue weighted by molar-refractivity contribution is 7.89. The average molecular weight is 517 g/mol. The van der Waals surface area contributed by atoms with Crippen molar-refractivity contribution in [1.82, 2.24) is 13.7 Å². The number of aromatic carboxylic acids is 1. The summed E-state index contributed by atoms with van der Waals surface area (Å²) in [5.41, 5.74) is 1.27. The molecule has 2 aliphatic rings. The van der Waals surface area contributed by atoms with Gasteiger partial charge in [0.2, 0.25) is 15.2 Å². The number of anilines is 1. The van der Waals surface area contributed by atoms with Crippen molar-refractivity contribution < 1.29 is 22.7 Å². The van der Waals surface area contributed by atoms with Crippen molar-refractivity contribution in [3.63, 3.8) is 0 Å². The molecule has 5 rings (SSSR count). The third-order valence-corrected chi connectivity index (χ3v) is 9.83. The minimum Gasteiger partial charge on any atom is -0.478 e. The lowest BCUT2D eigenvalue weighted by atomic mass is 9.73. The molecule has 0 amide bonds. The molecule has 1 spiro atoms. The van der Waals surface area contributed by atoms with Crippen LogP contribution >= 0.6 is 11.5 Å². The Labute approximate surface area is 207 Å². The first-order chi connectivity index (χ1) is 16.7. The Bertz CT molecular complexity index is 1360. The number of hydrogen-bond donors (Lipinski definition) is 1. The molecule has 3 aromatic rings. The van der Waals surface area contributed by atoms with Gasteiger partial charge in [-0.3, -0.25) is 0 Å². The number of nitrogens with zero attached hydrogens (tertiary/aromatic N) is 4. The van der Waals surface area contributed by atoms with Gasteiger partial charge in [0.15, 0.2) is 0 Å². The predicted molar refractivity (Wildman–Crippen MR) is 130 cm³/mol. The quantitative estimate of drug-likeness (QED) is 0.534. The van der Waals surface area contributed by atoms with E-state index in [0.29, 0.717) is 25.3 Å². The molecule has 0 unspecified atom stereocenters. The first kappa shape index (κ1) is 23.8. The first-order valence-corrected chi connectivity index (χ1v) is 13.5. The maximum Gasteiger partial charge on any atom is 0.335 e. The minimum atomic E-state index is -3.77. The zero-order chi connectivity index (χ0) is 24.8. The molecule has 35 heavy (non-hydrogen) atoms. The second-order valence-electron chi connectivity index (χ2n) is 9.29. The summed E-state index contributed by atoms with van der Waals surface area (Å²) < 4.78 is 45.5. The van der Waals surface area contributed by atoms with E-state index in [1.54, 1.807) is 12.1 Å². The van der Waals surface area contributed by atoms with Crippen molar-refractivity contribution in [2.45, 2.75) is 31.1 Å². The maximum absolute atomic E-state index is 13.2. The summed E-state index contributed by atoms with van der Waals surface area (Å²) in [6.45, 7) is 3.95. The van der Waals surface area contributed by atoms with E-state index in [2.05, 4.69) is 14.3 Å². The largest absolute Gasteiger partial charge is 0.478 e. The second-order valence-corrected chi connectivity index (χ2v) is 11.9. The van der Waals surface area contributed by atoms with E-state index in [1.807, 2.05) is 0 Å². The Hall–Kier alpha value is -2.89. The van der Waals surface area contributed by atoms with Crippen LogP contribution in [0.5, 0.6) is 0 Å². The molecule has 1 aromatic heterocycles. The third-order valence-electron chi connectivity index (χ3n) is 6.97. The van der Waals surface area contributed by atoms with Crippen molar-refractivity contribution >= 4 is 32.7 Å². The summed E-state index contributed by atoms with van der Waals surface area (Å²) >= 11 is 1.35. The van der Waals surface area contributed by atoms with Gasteiger partial charge in [0.1, 0.15) is 11.6 Å². The molecule has 0 saturated carbocycles. The average Bonchev–Trinajstić information content (AvgIpc) is 3.27. The van der Waals surface area contributed by atoms with Crippen LogP contribution in [0, 0.1) is 18.2 Å². The van der Waals surface area contributed by atoms with Crippen molar-refractivity contribution in [1.29, 1.82) is 0 Å². The third kappa shape index (κ3) is 4.55. The molecule has 2 saturated heterocycles. The predicted octanol–water partition coefficient (Wildman–Crippen LogP) is 3.57. The van der Waals surface area contributed by atoms with E-state index in [1.165, 1.54) is 53.1 Å². The molecular weight excluding hydrogens is 491 g/mol. The van der Waals surface area contributed by atoms with Gasteiger partial charge in [-0.2, -0.15) is 8.68 Å². The van der Waals surface area contributed by atoms with E-state index in [-0.39, 0.29) is 27.3 Å². The van der Waals surface area contributed by atoms with Crippen LogP contribution in [0.25, 0.3) is 0 Å². The Morgan fingerprint density at radius 2 is 1.83 bits per heavy atom. The number of hydrogen-bond acceptors (Lipinski definition) is 7. The second kappa shape index (κ2) is 8.96. The summed E-state index contributed by atoms with van der Waals surface area (Å²) in [7, 11) is -3.77. The summed E-state index contributed by atoms with van der Waals surface area (Å²) in [5, 5.41) is 10.2. The lowest BCUT2D eigenvalue weighted by molar-refractivity contribution is 0.0695. The monoisotopic (exact) mass is 516 g/mol. The zero-order valence-corrected chi connectivity index (χ0v) is 20.8. The number of piperidine rings is 1. The highest BCUT2D eigenvalue weighted by Crippen LogP contribution is 2.44. The Kier molecular flexibility index (Phi) is 6.10. The van der Waals surface area contributed by atoms with Crippen LogP contribution < -0.4 is 4.90 Å². The van der Waals surface area contributed by atoms with Crippen LogP contribution in [-0.4, -0.2) is 59.3 Å². The topological polar surface area (TPSA) is 104 Å². The molecule has 1 N–H and O–H groups in total. The molecule has 8 nitrogen and oxygen atoms in total. The van der Waals surface area contributed by atoms with E-state index < -0.39 is 16.0 Å². The molecule has 2 aromatic carbocycles. The Balaban J connectivity index is 1.20. The van der Waals surface area contributed by atoms with Crippen LogP contribution in [0.1, 0.15) is 40.2 Å². The van der Waals surface area contributed by atoms with Gasteiger partial charge in [-0.15, -0.1) is 0 Å². The van der Waals surface area contributed by atoms with Gasteiger partial charge in [-0.25, -0.2) is 22.6 Å². The SMILES string of the molecule is Cc1c(C(=O)O)cccc1S(=O)(=O)N1CCC2(CC1)CN(c1nc(Cc3ccc(F)cc3)ns1)C2. The minimum absolute atomic E-state index is 0.00467. The number of aromatic nitrogens is 2. The van der Waals surface area contributed by atoms with Crippen LogP contribution in [0.2, 0.25) is 0 Å². The maximum atomic E-state index is 13.2. The Morgan fingerprint density at radius 3 is 2.49 bits per heavy atom. The smallest absolute Gasteiger partial charge is 0.335 e. The highest BCUT2D eigenvalue weighted by atomic mass is 32.2. The number of carboxylic acid groups (broad SMARTS) is 1. The van der Waals surface area contributed by atoms with Gasteiger partial charge < -0.3 is 10.0 Å². The molecule has 0 radical (unpaired) electrons. The van der Waals surface area contributed by atoms with Crippen molar-refractivity contribution in [2.24, 2.45) is 5.41 Å². The van der Waals surface area contributed by atoms with Gasteiger partial charge in [0, 0.05) is 49.5 Å². The molecule has 0 bridgehead atoms. The summed E-state index contributed by atoms with van der Waals surface area (Å²) in [5.74, 6) is -0.698. The summed E-state index contributed by atoms with van der Waals surface area (Å²) in [4.78, 5) is 18.3. The van der Waals surface area contributed by atoms with Crippen LogP contribution in [0.4, 0.5) is 9.52 Å². The van der Waals surface area contributed by atoms with Crippen molar-refractivity contribution in [3.8, 4) is 0 Å². The molecular formula is C24H25FN4O4S2. The molecule has 2 fully saturated rings. The molecule has 0 aliphatic carbocycles. The number of benzene rings is 2. The van der Waals surface area contributed by atoms with E-state index in [4.69, 9.17) is 0 Å². The standard InChI is InChI=1S/C24H25FN4O4S2/c1-16-19(22(30)31)3-2-4-20(16)35(32,33)29-11-9-24(10-12-29)14-28(15-24)23-26-21(27-34-23)13-17-5-7-18(25)8-6-17/h2-8H,9-15H2,1H3,(H,30,31). The zero-order valence-electron chi connectivity index (χ0n) is 19.1. The fourth-order valence-electron chi connectivity index (χ4n) is 4.91. The lowest BCUT2D eigenvalue weighted by Gasteiger charge is -2.53. The van der Waals surface area contributed by atoms with Crippen molar-refractivity contribution in [2.75, 3.05) is 31.1 Å². The van der Waals surface area contributed by atoms with Gasteiger partial charge in [0.25, 0.3) is 0 Å². The number of carbonyl (C=O) groups is 1. The molecule has 11 heteroatoms. The van der Waals surface area contributed by atoms with E-state index in [0.717, 1.165) is 36.6 Å². The number of halogens is 1. The van der Waals surface area contributed by atoms with E-state index in [9.17, 15) is 22.7 Å². The fraction of sp³-hybridized carbons (Fsp3) is 0.375. The molecule has 3 heterocycles. The van der Waals surface area contributed by atoms with Gasteiger partial charge in [0.05, 0.1) is 10.5 Å². The van der Waals surface area contributed by atoms with Gasteiger partial charge in [-0.05, 0) is 55.2 Å². The van der Waals surface area contributed by atoms with Crippen LogP contribution in [0.15, 0.2) is 47.4 Å². The molecule has 2 aliphatic heterocycles. The lowest BCUT2D eigenvalue weighted by Crippen LogP contribution is -2.61. The fourth-order valence-corrected chi connectivity index (χ4v) is 7.28. The van der Waals surface area contributed by atoms with Crippen molar-refractivity contribution in [3.05, 3.63) is 70.8 Å². The number of carboxylic acids is 1. The van der Waals surface area contributed by atoms with Gasteiger partial charge >= 0.3 is 5.97 Å². The summed E-state index contributed by atoms with van der Waals surface area (Å²) in [6.07, 6.45) is 2.02. The molecule has 0 atom stereocenters. The summed E-state index contributed by atoms with van der Waals surface area (Å²) in [6, 6.07) is 10.7. The highest BCUT2D eigenvalue weighted by Gasteiger charge is 2.47. The molecule has 184 valence electrons. The van der Waals surface area contributed by atoms with Crippen LogP contribution in [-0.2, 0) is 16.4 Å². The van der Waals surface area contributed by atoms with E-state index >= 15 is 0 Å².